The molecule has 0 fully saturated rings. The fourth-order valence-corrected chi connectivity index (χ4v) is 3.58. The van der Waals surface area contributed by atoms with Crippen molar-refractivity contribution in [1.82, 2.24) is 4.48 Å². The van der Waals surface area contributed by atoms with E-state index in [1.165, 1.54) is 0 Å². The molecule has 4 rings (SSSR count). The van der Waals surface area contributed by atoms with Gasteiger partial charge in [-0.25, -0.2) is 9.28 Å². The minimum absolute atomic E-state index is 0.0480. The van der Waals surface area contributed by atoms with E-state index in [1.807, 2.05) is 66.7 Å². The third-order valence-electron chi connectivity index (χ3n) is 5.34. The van der Waals surface area contributed by atoms with E-state index in [9.17, 15) is 4.79 Å². The molecule has 5 nitrogen and oxygen atoms in total. The van der Waals surface area contributed by atoms with Crippen molar-refractivity contribution < 1.29 is 14.3 Å². The molecule has 1 unspecified atom stereocenters. The van der Waals surface area contributed by atoms with Gasteiger partial charge in [0, 0.05) is 17.7 Å². The number of primary amides is 1. The predicted octanol–water partition coefficient (Wildman–Crippen LogP) is 4.49. The SMILES string of the molecule is COc1cccc2c1-c1ccc([N+](C)(C)C(N)=O)cc1C(c1ccccc1)O2. The van der Waals surface area contributed by atoms with Crippen molar-refractivity contribution in [3.8, 4) is 22.6 Å². The summed E-state index contributed by atoms with van der Waals surface area (Å²) in [4.78, 5) is 12.0. The van der Waals surface area contributed by atoms with Crippen molar-refractivity contribution in [3.05, 3.63) is 77.9 Å². The highest BCUT2D eigenvalue weighted by atomic mass is 16.5. The van der Waals surface area contributed by atoms with E-state index in [0.29, 0.717) is 0 Å². The summed E-state index contributed by atoms with van der Waals surface area (Å²) in [6, 6.07) is 21.4. The van der Waals surface area contributed by atoms with Gasteiger partial charge in [0.2, 0.25) is 0 Å². The van der Waals surface area contributed by atoms with Crippen molar-refractivity contribution in [1.29, 1.82) is 0 Å². The Morgan fingerprint density at radius 3 is 2.46 bits per heavy atom. The van der Waals surface area contributed by atoms with E-state index in [4.69, 9.17) is 15.2 Å². The summed E-state index contributed by atoms with van der Waals surface area (Å²) in [7, 11) is 5.21. The Morgan fingerprint density at radius 1 is 1.04 bits per heavy atom. The van der Waals surface area contributed by atoms with E-state index in [0.717, 1.165) is 39.4 Å². The molecule has 1 atom stereocenters. The normalized spacial score (nSPS) is 15.2. The highest BCUT2D eigenvalue weighted by molar-refractivity contribution is 5.87. The van der Waals surface area contributed by atoms with Crippen LogP contribution in [0.15, 0.2) is 66.7 Å². The van der Waals surface area contributed by atoms with Crippen LogP contribution >= 0.6 is 0 Å². The molecule has 28 heavy (non-hydrogen) atoms. The highest BCUT2D eigenvalue weighted by Crippen LogP contribution is 2.49. The number of quaternary nitrogens is 1. The topological polar surface area (TPSA) is 61.5 Å². The largest absolute Gasteiger partial charge is 0.496 e. The Hall–Kier alpha value is -3.31. The van der Waals surface area contributed by atoms with E-state index in [1.54, 1.807) is 21.2 Å². The summed E-state index contributed by atoms with van der Waals surface area (Å²) in [6.45, 7) is 0. The maximum absolute atomic E-state index is 12.0. The van der Waals surface area contributed by atoms with Crippen LogP contribution in [0.4, 0.5) is 10.5 Å². The van der Waals surface area contributed by atoms with Gasteiger partial charge in [-0.15, -0.1) is 0 Å². The van der Waals surface area contributed by atoms with Gasteiger partial charge in [0.1, 0.15) is 23.3 Å². The minimum Gasteiger partial charge on any atom is -0.496 e. The van der Waals surface area contributed by atoms with Gasteiger partial charge in [-0.2, -0.15) is 0 Å². The number of ether oxygens (including phenoxy) is 2. The standard InChI is InChI=1S/C23H22N2O3/c1-25(2,23(24)26)16-12-13-17-18(14-16)22(15-8-5-4-6-9-15)28-20-11-7-10-19(27-3)21(17)20/h4-14,22H,1-3H3,(H-,24,26)/p+1. The molecule has 0 radical (unpaired) electrons. The summed E-state index contributed by atoms with van der Waals surface area (Å²) < 4.78 is 12.0. The fourth-order valence-electron chi connectivity index (χ4n) is 3.58. The lowest BCUT2D eigenvalue weighted by molar-refractivity contribution is 0.226. The maximum Gasteiger partial charge on any atom is 0.418 e. The molecular formula is C23H23N2O3+. The first kappa shape index (κ1) is 18.1. The highest BCUT2D eigenvalue weighted by Gasteiger charge is 2.33. The van der Waals surface area contributed by atoms with Crippen LogP contribution in [-0.4, -0.2) is 27.2 Å². The van der Waals surface area contributed by atoms with Crippen LogP contribution in [0.1, 0.15) is 17.2 Å². The zero-order valence-corrected chi connectivity index (χ0v) is 16.2. The predicted molar refractivity (Wildman–Crippen MR) is 111 cm³/mol. The number of rotatable bonds is 3. The average Bonchev–Trinajstić information content (AvgIpc) is 2.72. The molecule has 5 heteroatoms. The molecule has 1 heterocycles. The third-order valence-corrected chi connectivity index (χ3v) is 5.34. The molecule has 2 amide bonds. The fraction of sp³-hybridized carbons (Fsp3) is 0.174. The Labute approximate surface area is 164 Å². The number of carbonyl (C=O) groups is 1. The van der Waals surface area contributed by atoms with Gasteiger partial charge < -0.3 is 15.2 Å². The number of nitrogens with two attached hydrogens (primary N) is 1. The molecule has 0 bridgehead atoms. The van der Waals surface area contributed by atoms with Crippen molar-refractivity contribution in [2.75, 3.05) is 21.2 Å². The van der Waals surface area contributed by atoms with Gasteiger partial charge in [0.15, 0.2) is 0 Å². The van der Waals surface area contributed by atoms with Gasteiger partial charge in [-0.1, -0.05) is 36.4 Å². The van der Waals surface area contributed by atoms with Crippen LogP contribution < -0.4 is 19.7 Å². The number of methoxy groups -OCH3 is 1. The van der Waals surface area contributed by atoms with Crippen LogP contribution in [0.5, 0.6) is 11.5 Å². The summed E-state index contributed by atoms with van der Waals surface area (Å²) in [5.74, 6) is 1.53. The summed E-state index contributed by atoms with van der Waals surface area (Å²) in [5.41, 5.74) is 10.4. The molecule has 0 aliphatic carbocycles. The first-order valence-electron chi connectivity index (χ1n) is 9.11. The zero-order valence-electron chi connectivity index (χ0n) is 16.2. The van der Waals surface area contributed by atoms with Gasteiger partial charge >= 0.3 is 6.03 Å². The van der Waals surface area contributed by atoms with E-state index >= 15 is 0 Å². The number of fused-ring (bicyclic) bond motifs is 3. The quantitative estimate of drug-likeness (QED) is 0.686. The van der Waals surface area contributed by atoms with Crippen LogP contribution in [0, 0.1) is 0 Å². The van der Waals surface area contributed by atoms with Gasteiger partial charge in [-0.05, 0) is 29.3 Å². The molecule has 1 aliphatic heterocycles. The number of hydrogen-bond acceptors (Lipinski definition) is 3. The summed E-state index contributed by atoms with van der Waals surface area (Å²) in [5, 5.41) is 0. The van der Waals surface area contributed by atoms with Crippen molar-refractivity contribution in [2.24, 2.45) is 5.73 Å². The van der Waals surface area contributed by atoms with Crippen LogP contribution in [0.2, 0.25) is 0 Å². The number of hydrogen-bond donors (Lipinski definition) is 1. The van der Waals surface area contributed by atoms with Crippen LogP contribution in [-0.2, 0) is 0 Å². The molecule has 142 valence electrons. The molecule has 3 aromatic rings. The van der Waals surface area contributed by atoms with Crippen molar-refractivity contribution in [2.45, 2.75) is 6.10 Å². The molecule has 3 aromatic carbocycles. The van der Waals surface area contributed by atoms with Crippen LogP contribution in [0.3, 0.4) is 0 Å². The third kappa shape index (κ3) is 2.80. The molecule has 0 aromatic heterocycles. The second kappa shape index (κ2) is 6.69. The first-order valence-corrected chi connectivity index (χ1v) is 9.11. The van der Waals surface area contributed by atoms with Gasteiger partial charge in [-0.3, -0.25) is 0 Å². The van der Waals surface area contributed by atoms with Crippen LogP contribution in [0.25, 0.3) is 11.1 Å². The van der Waals surface area contributed by atoms with E-state index < -0.39 is 6.03 Å². The number of amides is 2. The molecule has 1 aliphatic rings. The number of urea groups is 1. The van der Waals surface area contributed by atoms with E-state index in [-0.39, 0.29) is 10.6 Å². The van der Waals surface area contributed by atoms with Gasteiger partial charge in [0.05, 0.1) is 26.8 Å². The minimum atomic E-state index is -0.425. The second-order valence-electron chi connectivity index (χ2n) is 7.31. The second-order valence-corrected chi connectivity index (χ2v) is 7.31. The maximum atomic E-state index is 12.0. The Bertz CT molecular complexity index is 1040. The number of carbonyl (C=O) groups excluding carboxylic acids is 1. The number of nitrogens with zero attached hydrogens (tertiary/aromatic N) is 1. The molecular weight excluding hydrogens is 352 g/mol. The molecule has 0 spiro atoms. The monoisotopic (exact) mass is 375 g/mol. The van der Waals surface area contributed by atoms with Gasteiger partial charge in [0.25, 0.3) is 0 Å². The Morgan fingerprint density at radius 2 is 1.79 bits per heavy atom. The number of benzene rings is 3. The molecule has 2 N–H and O–H groups in total. The van der Waals surface area contributed by atoms with Crippen molar-refractivity contribution in [3.63, 3.8) is 0 Å². The lowest BCUT2D eigenvalue weighted by atomic mass is 9.88. The average molecular weight is 375 g/mol. The lowest BCUT2D eigenvalue weighted by Crippen LogP contribution is -2.50. The van der Waals surface area contributed by atoms with E-state index in [2.05, 4.69) is 0 Å². The zero-order chi connectivity index (χ0) is 19.9. The van der Waals surface area contributed by atoms with Crippen molar-refractivity contribution >= 4 is 11.7 Å². The Balaban J connectivity index is 1.97. The molecule has 0 saturated carbocycles. The Kier molecular flexibility index (Phi) is 4.32. The first-order chi connectivity index (χ1) is 13.4. The summed E-state index contributed by atoms with van der Waals surface area (Å²) in [6.07, 6.45) is -0.288. The molecule has 0 saturated heterocycles. The summed E-state index contributed by atoms with van der Waals surface area (Å²) >= 11 is 0. The smallest absolute Gasteiger partial charge is 0.418 e. The lowest BCUT2D eigenvalue weighted by Gasteiger charge is -2.32.